The van der Waals surface area contributed by atoms with E-state index in [-0.39, 0.29) is 5.92 Å². The van der Waals surface area contributed by atoms with Gasteiger partial charge in [0.25, 0.3) is 0 Å². The predicted molar refractivity (Wildman–Crippen MR) is 412 cm³/mol. The van der Waals surface area contributed by atoms with E-state index < -0.39 is 0 Å². The first-order valence-electron chi connectivity index (χ1n) is 33.8. The maximum atomic E-state index is 5.17. The molecule has 0 bridgehead atoms. The summed E-state index contributed by atoms with van der Waals surface area (Å²) < 4.78 is 0. The number of pyridine rings is 4. The lowest BCUT2D eigenvalue weighted by atomic mass is 9.88. The summed E-state index contributed by atoms with van der Waals surface area (Å²) in [7, 11) is 0. The van der Waals surface area contributed by atoms with Crippen molar-refractivity contribution in [1.82, 2.24) is 39.9 Å². The van der Waals surface area contributed by atoms with Crippen LogP contribution in [0.1, 0.15) is 23.7 Å². The van der Waals surface area contributed by atoms with Gasteiger partial charge < -0.3 is 0 Å². The van der Waals surface area contributed by atoms with Crippen LogP contribution in [0.5, 0.6) is 0 Å². The third-order valence-corrected chi connectivity index (χ3v) is 19.2. The summed E-state index contributed by atoms with van der Waals surface area (Å²) in [6.45, 7) is 0. The molecule has 0 saturated carbocycles. The van der Waals surface area contributed by atoms with E-state index in [9.17, 15) is 0 Å². The predicted octanol–water partition coefficient (Wildman–Crippen LogP) is 23.1. The van der Waals surface area contributed by atoms with Gasteiger partial charge in [-0.3, -0.25) is 9.97 Å². The average molecular weight is 1280 g/mol. The first-order valence-corrected chi connectivity index (χ1v) is 33.8. The second-order valence-electron chi connectivity index (χ2n) is 25.3. The highest BCUT2D eigenvalue weighted by Crippen LogP contribution is 2.42. The Hall–Kier alpha value is -13.3. The molecule has 468 valence electrons. The highest BCUT2D eigenvalue weighted by molar-refractivity contribution is 6.17. The minimum Gasteiger partial charge on any atom is -0.254 e. The molecule has 6 aromatic heterocycles. The summed E-state index contributed by atoms with van der Waals surface area (Å²) in [5.41, 5.74) is 25.1. The van der Waals surface area contributed by atoms with Gasteiger partial charge in [0, 0.05) is 95.0 Å². The van der Waals surface area contributed by atoms with Gasteiger partial charge in [0.05, 0.1) is 55.7 Å². The molecule has 1 aliphatic rings. The van der Waals surface area contributed by atoms with Crippen LogP contribution in [-0.2, 0) is 0 Å². The smallest absolute Gasteiger partial charge is 0.160 e. The molecule has 12 aromatic carbocycles. The SMILES string of the molecule is C1=CC(c2ccc(-c3c4ccccc4nc4c3ccc3cccnc34)cc2)CC=C1c1nc(-c2ccc(-c3ccccc3)cc2)c2ccccc2n1.c1ccc(-c2ccc(-c3cc(-c4ccccc4)nc(-c4ccc(-c5c6ccccc6nc6c5ccc5cccnc56)cc4)n3)cc2)cc1. The fourth-order valence-corrected chi connectivity index (χ4v) is 14.1. The number of aromatic nitrogens is 8. The quantitative estimate of drug-likeness (QED) is 0.0985. The van der Waals surface area contributed by atoms with Crippen LogP contribution in [0, 0.1) is 0 Å². The molecule has 8 heteroatoms. The molecule has 0 fully saturated rings. The topological polar surface area (TPSA) is 103 Å². The summed E-state index contributed by atoms with van der Waals surface area (Å²) in [5.74, 6) is 1.70. The number of fused-ring (bicyclic) bond motifs is 9. The summed E-state index contributed by atoms with van der Waals surface area (Å²) >= 11 is 0. The molecule has 0 amide bonds. The third kappa shape index (κ3) is 11.2. The van der Waals surface area contributed by atoms with Gasteiger partial charge in [-0.1, -0.05) is 297 Å². The van der Waals surface area contributed by atoms with Crippen LogP contribution < -0.4 is 0 Å². The zero-order valence-electron chi connectivity index (χ0n) is 54.3. The maximum Gasteiger partial charge on any atom is 0.160 e. The molecule has 8 nitrogen and oxygen atoms in total. The van der Waals surface area contributed by atoms with Gasteiger partial charge in [-0.05, 0) is 81.8 Å². The van der Waals surface area contributed by atoms with Gasteiger partial charge in [-0.15, -0.1) is 0 Å². The van der Waals surface area contributed by atoms with Crippen molar-refractivity contribution >= 4 is 81.9 Å². The number of hydrogen-bond acceptors (Lipinski definition) is 8. The Morgan fingerprint density at radius 3 is 1.21 bits per heavy atom. The Bertz CT molecular complexity index is 6200. The number of benzene rings is 12. The first-order chi connectivity index (χ1) is 49.5. The van der Waals surface area contributed by atoms with Gasteiger partial charge in [0.15, 0.2) is 11.6 Å². The van der Waals surface area contributed by atoms with E-state index in [4.69, 9.17) is 39.9 Å². The fraction of sp³-hybridized carbons (Fsp3) is 0.0217. The average Bonchev–Trinajstić information content (AvgIpc) is 0.750. The Kier molecular flexibility index (Phi) is 15.2. The summed E-state index contributed by atoms with van der Waals surface area (Å²) in [5, 5.41) is 7.67. The van der Waals surface area contributed by atoms with Crippen molar-refractivity contribution in [2.75, 3.05) is 0 Å². The Morgan fingerprint density at radius 2 is 0.690 bits per heavy atom. The minimum atomic E-state index is 0.266. The fourth-order valence-electron chi connectivity index (χ4n) is 14.1. The zero-order chi connectivity index (χ0) is 66.3. The van der Waals surface area contributed by atoms with Crippen molar-refractivity contribution in [3.05, 3.63) is 357 Å². The maximum absolute atomic E-state index is 5.17. The molecule has 6 heterocycles. The van der Waals surface area contributed by atoms with Gasteiger partial charge in [0.2, 0.25) is 0 Å². The van der Waals surface area contributed by atoms with Crippen molar-refractivity contribution in [3.63, 3.8) is 0 Å². The van der Waals surface area contributed by atoms with Crippen LogP contribution in [0.25, 0.3) is 172 Å². The van der Waals surface area contributed by atoms with E-state index >= 15 is 0 Å². The van der Waals surface area contributed by atoms with Crippen LogP contribution in [0.3, 0.4) is 0 Å². The normalized spacial score (nSPS) is 12.9. The third-order valence-electron chi connectivity index (χ3n) is 19.2. The van der Waals surface area contributed by atoms with Crippen molar-refractivity contribution < 1.29 is 0 Å². The molecule has 18 aromatic rings. The van der Waals surface area contributed by atoms with E-state index in [0.29, 0.717) is 5.82 Å². The van der Waals surface area contributed by atoms with Crippen LogP contribution in [0.15, 0.2) is 346 Å². The summed E-state index contributed by atoms with van der Waals surface area (Å²) in [4.78, 5) is 40.0. The van der Waals surface area contributed by atoms with E-state index in [0.717, 1.165) is 145 Å². The number of allylic oxidation sites excluding steroid dienone is 4. The van der Waals surface area contributed by atoms with Crippen molar-refractivity contribution in [2.24, 2.45) is 0 Å². The van der Waals surface area contributed by atoms with E-state index in [1.807, 2.05) is 67.0 Å². The lowest BCUT2D eigenvalue weighted by Crippen LogP contribution is -2.02. The minimum absolute atomic E-state index is 0.266. The first kappa shape index (κ1) is 59.2. The van der Waals surface area contributed by atoms with Gasteiger partial charge in [-0.25, -0.2) is 29.9 Å². The Morgan fingerprint density at radius 1 is 0.270 bits per heavy atom. The molecular formula is C92H60N8. The van der Waals surface area contributed by atoms with Crippen molar-refractivity contribution in [1.29, 1.82) is 0 Å². The van der Waals surface area contributed by atoms with Gasteiger partial charge >= 0.3 is 0 Å². The van der Waals surface area contributed by atoms with Crippen LogP contribution in [0.2, 0.25) is 0 Å². The largest absolute Gasteiger partial charge is 0.254 e. The highest BCUT2D eigenvalue weighted by Gasteiger charge is 2.21. The molecule has 0 saturated heterocycles. The zero-order valence-corrected chi connectivity index (χ0v) is 54.3. The number of para-hydroxylation sites is 3. The van der Waals surface area contributed by atoms with Crippen LogP contribution >= 0.6 is 0 Å². The van der Waals surface area contributed by atoms with Crippen molar-refractivity contribution in [2.45, 2.75) is 12.3 Å². The molecule has 1 unspecified atom stereocenters. The van der Waals surface area contributed by atoms with E-state index in [2.05, 4.69) is 279 Å². The second-order valence-corrected chi connectivity index (χ2v) is 25.3. The van der Waals surface area contributed by atoms with Crippen LogP contribution in [-0.4, -0.2) is 39.9 Å². The molecule has 1 aliphatic carbocycles. The molecule has 0 spiro atoms. The number of rotatable bonds is 10. The van der Waals surface area contributed by atoms with Crippen LogP contribution in [0.4, 0.5) is 0 Å². The van der Waals surface area contributed by atoms with E-state index in [1.165, 1.54) is 38.9 Å². The Labute approximate surface area is 577 Å². The molecule has 0 radical (unpaired) electrons. The number of nitrogens with zero attached hydrogens (tertiary/aromatic N) is 8. The van der Waals surface area contributed by atoms with Gasteiger partial charge in [-0.2, -0.15) is 0 Å². The van der Waals surface area contributed by atoms with Gasteiger partial charge in [0.1, 0.15) is 0 Å². The molecule has 19 rings (SSSR count). The molecule has 0 N–H and O–H groups in total. The molecule has 1 atom stereocenters. The Balaban J connectivity index is 0.000000145. The summed E-state index contributed by atoms with van der Waals surface area (Å²) in [6, 6.07) is 110. The van der Waals surface area contributed by atoms with Crippen molar-refractivity contribution in [3.8, 4) is 89.7 Å². The second kappa shape index (κ2) is 25.7. The van der Waals surface area contributed by atoms with E-state index in [1.54, 1.807) is 0 Å². The summed E-state index contributed by atoms with van der Waals surface area (Å²) in [6.07, 6.45) is 11.3. The highest BCUT2D eigenvalue weighted by atomic mass is 14.9. The number of hydrogen-bond donors (Lipinski definition) is 0. The standard InChI is InChI=1S/C48H32N4.C44H28N4/c1-2-9-31(10-3-1)32-18-24-37(25-19-32)45-40-13-5-7-15-43(40)51-48(52-45)38-26-20-34(21-27-38)33-16-22-35(23-17-33)44-39-12-4-6-14-42(39)50-47-41(44)29-28-36-11-8-30-49-46(36)47;1-3-10-29(11-4-1)30-17-19-32(20-18-30)40-28-39(31-12-5-2-6-13-31)47-44(48-40)35-23-21-33(22-24-35)41-36-15-7-8-16-38(36)46-43-37(41)26-25-34-14-9-27-45-42(34)43/h1-20,22-30,34H,21H2;1-28H. The molecule has 100 heavy (non-hydrogen) atoms. The molecule has 0 aliphatic heterocycles. The monoisotopic (exact) mass is 1280 g/mol. The lowest BCUT2D eigenvalue weighted by Gasteiger charge is -2.18. The molecular weight excluding hydrogens is 1220 g/mol. The lowest BCUT2D eigenvalue weighted by molar-refractivity contribution is 0.855.